The summed E-state index contributed by atoms with van der Waals surface area (Å²) in [6.45, 7) is 21.7. The molecule has 0 unspecified atom stereocenters. The van der Waals surface area contributed by atoms with Crippen molar-refractivity contribution in [2.75, 3.05) is 0 Å². The molecule has 0 spiro atoms. The minimum atomic E-state index is -0.642. The first-order valence-electron chi connectivity index (χ1n) is 9.85. The third-order valence-corrected chi connectivity index (χ3v) is 4.53. The van der Waals surface area contributed by atoms with E-state index < -0.39 is 10.8 Å². The molecule has 0 radical (unpaired) electrons. The SMILES string of the molecule is CC(C)OC(=O)C(C)(C)CC(C)(C)C/C=C(/[N+](=O)[O-])C(C)(C)CC(C)(C)C. The van der Waals surface area contributed by atoms with Crippen LogP contribution in [0.15, 0.2) is 11.8 Å². The Hall–Kier alpha value is -1.39. The van der Waals surface area contributed by atoms with Crippen LogP contribution in [-0.2, 0) is 9.53 Å². The summed E-state index contributed by atoms with van der Waals surface area (Å²) < 4.78 is 5.37. The molecule has 0 aromatic rings. The van der Waals surface area contributed by atoms with Gasteiger partial charge in [-0.15, -0.1) is 0 Å². The zero-order valence-electron chi connectivity index (χ0n) is 19.4. The highest BCUT2D eigenvalue weighted by molar-refractivity contribution is 5.76. The van der Waals surface area contributed by atoms with Crippen LogP contribution in [0, 0.1) is 31.8 Å². The van der Waals surface area contributed by atoms with Crippen LogP contribution in [0.5, 0.6) is 0 Å². The Kier molecular flexibility index (Phi) is 8.29. The maximum Gasteiger partial charge on any atom is 0.311 e. The lowest BCUT2D eigenvalue weighted by molar-refractivity contribution is -0.441. The number of nitro groups is 1. The molecule has 0 amide bonds. The fraction of sp³-hybridized carbons (Fsp3) is 0.864. The van der Waals surface area contributed by atoms with Crippen molar-refractivity contribution < 1.29 is 14.5 Å². The zero-order valence-corrected chi connectivity index (χ0v) is 19.4. The van der Waals surface area contributed by atoms with Gasteiger partial charge in [-0.3, -0.25) is 14.9 Å². The van der Waals surface area contributed by atoms with Crippen molar-refractivity contribution in [1.29, 1.82) is 0 Å². The molecule has 0 atom stereocenters. The minimum absolute atomic E-state index is 0.00326. The molecule has 0 aliphatic heterocycles. The summed E-state index contributed by atoms with van der Waals surface area (Å²) in [5, 5.41) is 11.7. The minimum Gasteiger partial charge on any atom is -0.463 e. The first-order valence-corrected chi connectivity index (χ1v) is 9.85. The van der Waals surface area contributed by atoms with Crippen LogP contribution >= 0.6 is 0 Å². The average Bonchev–Trinajstić information content (AvgIpc) is 2.31. The highest BCUT2D eigenvalue weighted by Crippen LogP contribution is 2.42. The number of allylic oxidation sites excluding steroid dienone is 2. The summed E-state index contributed by atoms with van der Waals surface area (Å²) in [6.07, 6.45) is 3.45. The Labute approximate surface area is 166 Å². The first-order chi connectivity index (χ1) is 11.8. The number of hydrogen-bond donors (Lipinski definition) is 0. The lowest BCUT2D eigenvalue weighted by Crippen LogP contribution is -2.33. The molecule has 0 aliphatic rings. The Balaban J connectivity index is 5.44. The monoisotopic (exact) mass is 383 g/mol. The molecule has 5 nitrogen and oxygen atoms in total. The molecule has 0 aromatic heterocycles. The number of carbonyl (C=O) groups is 1. The Morgan fingerprint density at radius 1 is 0.963 bits per heavy atom. The molecule has 158 valence electrons. The van der Waals surface area contributed by atoms with Gasteiger partial charge in [-0.25, -0.2) is 0 Å². The van der Waals surface area contributed by atoms with E-state index in [0.717, 1.165) is 6.42 Å². The Bertz CT molecular complexity index is 563. The van der Waals surface area contributed by atoms with Gasteiger partial charge in [0.2, 0.25) is 5.70 Å². The van der Waals surface area contributed by atoms with E-state index in [1.807, 2.05) is 55.4 Å². The van der Waals surface area contributed by atoms with Gasteiger partial charge in [-0.2, -0.15) is 0 Å². The van der Waals surface area contributed by atoms with Crippen molar-refractivity contribution in [2.24, 2.45) is 21.7 Å². The molecule has 0 fully saturated rings. The van der Waals surface area contributed by atoms with E-state index in [-0.39, 0.29) is 33.5 Å². The number of hydrogen-bond acceptors (Lipinski definition) is 4. The van der Waals surface area contributed by atoms with Gasteiger partial charge in [0.25, 0.3) is 0 Å². The molecule has 0 aromatic carbocycles. The predicted octanol–water partition coefficient (Wildman–Crippen LogP) is 6.39. The molecule has 0 saturated carbocycles. The van der Waals surface area contributed by atoms with Crippen LogP contribution in [0.2, 0.25) is 0 Å². The van der Waals surface area contributed by atoms with Crippen LogP contribution in [-0.4, -0.2) is 17.0 Å². The molecule has 27 heavy (non-hydrogen) atoms. The van der Waals surface area contributed by atoms with Gasteiger partial charge in [0.15, 0.2) is 0 Å². The van der Waals surface area contributed by atoms with Crippen molar-refractivity contribution in [3.8, 4) is 0 Å². The number of nitrogens with zero attached hydrogens (tertiary/aromatic N) is 1. The topological polar surface area (TPSA) is 69.4 Å². The lowest BCUT2D eigenvalue weighted by atomic mass is 9.71. The number of carbonyl (C=O) groups excluding carboxylic acids is 1. The van der Waals surface area contributed by atoms with E-state index >= 15 is 0 Å². The Morgan fingerprint density at radius 3 is 1.81 bits per heavy atom. The van der Waals surface area contributed by atoms with Crippen molar-refractivity contribution in [2.45, 2.75) is 102 Å². The first kappa shape index (κ1) is 25.6. The average molecular weight is 384 g/mol. The molecule has 0 heterocycles. The summed E-state index contributed by atoms with van der Waals surface area (Å²) in [7, 11) is 0. The molecular weight excluding hydrogens is 342 g/mol. The quantitative estimate of drug-likeness (QED) is 0.263. The molecule has 0 N–H and O–H groups in total. The molecule has 0 saturated heterocycles. The van der Waals surface area contributed by atoms with Crippen LogP contribution in [0.1, 0.15) is 95.4 Å². The highest BCUT2D eigenvalue weighted by atomic mass is 16.6. The van der Waals surface area contributed by atoms with Crippen molar-refractivity contribution in [3.63, 3.8) is 0 Å². The summed E-state index contributed by atoms with van der Waals surface area (Å²) >= 11 is 0. The zero-order chi connectivity index (χ0) is 21.8. The van der Waals surface area contributed by atoms with E-state index in [2.05, 4.69) is 20.8 Å². The summed E-state index contributed by atoms with van der Waals surface area (Å²) in [4.78, 5) is 23.8. The number of rotatable bonds is 9. The van der Waals surface area contributed by atoms with Gasteiger partial charge in [0, 0.05) is 0 Å². The van der Waals surface area contributed by atoms with Gasteiger partial charge >= 0.3 is 5.97 Å². The summed E-state index contributed by atoms with van der Waals surface area (Å²) in [5.74, 6) is -0.225. The summed E-state index contributed by atoms with van der Waals surface area (Å²) in [6, 6.07) is 0. The lowest BCUT2D eigenvalue weighted by Gasteiger charge is -2.34. The normalized spacial score (nSPS) is 14.4. The second-order valence-corrected chi connectivity index (χ2v) is 11.4. The Morgan fingerprint density at radius 2 is 1.44 bits per heavy atom. The van der Waals surface area contributed by atoms with Gasteiger partial charge in [0.1, 0.15) is 0 Å². The molecule has 0 rings (SSSR count). The molecule has 5 heteroatoms. The maximum absolute atomic E-state index is 12.4. The van der Waals surface area contributed by atoms with E-state index in [0.29, 0.717) is 12.8 Å². The van der Waals surface area contributed by atoms with E-state index in [1.54, 1.807) is 6.08 Å². The standard InChI is InChI=1S/C22H41NO4/c1-16(2)27-18(24)22(10,11)15-20(6,7)13-12-17(23(25)26)21(8,9)14-19(3,4)5/h12,16H,13-15H2,1-11H3/b17-12+. The van der Waals surface area contributed by atoms with Crippen molar-refractivity contribution >= 4 is 5.97 Å². The van der Waals surface area contributed by atoms with Gasteiger partial charge < -0.3 is 4.74 Å². The van der Waals surface area contributed by atoms with Crippen molar-refractivity contribution in [1.82, 2.24) is 0 Å². The van der Waals surface area contributed by atoms with Gasteiger partial charge in [0.05, 0.1) is 21.9 Å². The summed E-state index contributed by atoms with van der Waals surface area (Å²) in [5.41, 5.74) is -1.18. The van der Waals surface area contributed by atoms with Crippen LogP contribution in [0.3, 0.4) is 0 Å². The van der Waals surface area contributed by atoms with E-state index in [9.17, 15) is 14.9 Å². The molecular formula is C22H41NO4. The largest absolute Gasteiger partial charge is 0.463 e. The van der Waals surface area contributed by atoms with Gasteiger partial charge in [-0.05, 0) is 77.7 Å². The predicted molar refractivity (Wildman–Crippen MR) is 111 cm³/mol. The fourth-order valence-corrected chi connectivity index (χ4v) is 4.10. The number of esters is 1. The molecule has 0 aliphatic carbocycles. The van der Waals surface area contributed by atoms with Crippen LogP contribution < -0.4 is 0 Å². The number of ether oxygens (including phenoxy) is 1. The maximum atomic E-state index is 12.4. The second kappa shape index (κ2) is 8.74. The van der Waals surface area contributed by atoms with E-state index in [4.69, 9.17) is 4.74 Å². The molecule has 0 bridgehead atoms. The van der Waals surface area contributed by atoms with Crippen molar-refractivity contribution in [3.05, 3.63) is 21.9 Å². The second-order valence-electron chi connectivity index (χ2n) is 11.4. The third-order valence-electron chi connectivity index (χ3n) is 4.53. The van der Waals surface area contributed by atoms with E-state index in [1.165, 1.54) is 0 Å². The third kappa shape index (κ3) is 9.39. The van der Waals surface area contributed by atoms with Gasteiger partial charge in [-0.1, -0.05) is 34.6 Å². The van der Waals surface area contributed by atoms with Crippen LogP contribution in [0.4, 0.5) is 0 Å². The highest BCUT2D eigenvalue weighted by Gasteiger charge is 2.39. The van der Waals surface area contributed by atoms with Crippen LogP contribution in [0.25, 0.3) is 0 Å². The fourth-order valence-electron chi connectivity index (χ4n) is 4.10. The smallest absolute Gasteiger partial charge is 0.311 e.